The summed E-state index contributed by atoms with van der Waals surface area (Å²) < 4.78 is 25.2. The molecular formula is C23H22N2O5S. The second-order valence-corrected chi connectivity index (χ2v) is 9.06. The Morgan fingerprint density at radius 2 is 1.58 bits per heavy atom. The molecular weight excluding hydrogens is 416 g/mol. The van der Waals surface area contributed by atoms with Crippen LogP contribution in [0.3, 0.4) is 0 Å². The van der Waals surface area contributed by atoms with Crippen LogP contribution < -0.4 is 11.1 Å². The Bertz CT molecular complexity index is 1180. The Kier molecular flexibility index (Phi) is 6.84. The van der Waals surface area contributed by atoms with Gasteiger partial charge in [-0.2, -0.15) is 0 Å². The minimum Gasteiger partial charge on any atom is -0.480 e. The van der Waals surface area contributed by atoms with E-state index >= 15 is 0 Å². The van der Waals surface area contributed by atoms with E-state index in [1.54, 1.807) is 78.9 Å². The molecule has 3 aromatic rings. The van der Waals surface area contributed by atoms with Gasteiger partial charge in [0.15, 0.2) is 9.84 Å². The van der Waals surface area contributed by atoms with Gasteiger partial charge >= 0.3 is 5.97 Å². The summed E-state index contributed by atoms with van der Waals surface area (Å²) in [7, 11) is -3.52. The molecule has 0 saturated heterocycles. The van der Waals surface area contributed by atoms with Crippen LogP contribution in [0.1, 0.15) is 21.5 Å². The Balaban J connectivity index is 1.68. The first kappa shape index (κ1) is 22.2. The molecule has 0 saturated carbocycles. The number of carboxylic acids is 1. The summed E-state index contributed by atoms with van der Waals surface area (Å²) in [5.41, 5.74) is 7.63. The number of hydrogen-bond donors (Lipinski definition) is 3. The van der Waals surface area contributed by atoms with E-state index in [-0.39, 0.29) is 23.0 Å². The Hall–Kier alpha value is -3.49. The van der Waals surface area contributed by atoms with Gasteiger partial charge < -0.3 is 16.2 Å². The molecule has 0 aliphatic carbocycles. The van der Waals surface area contributed by atoms with Crippen LogP contribution >= 0.6 is 0 Å². The third kappa shape index (κ3) is 6.00. The van der Waals surface area contributed by atoms with Gasteiger partial charge in [0.2, 0.25) is 0 Å². The van der Waals surface area contributed by atoms with Crippen molar-refractivity contribution < 1.29 is 23.1 Å². The molecule has 0 aliphatic heterocycles. The van der Waals surface area contributed by atoms with Crippen LogP contribution in [0.5, 0.6) is 0 Å². The van der Waals surface area contributed by atoms with Gasteiger partial charge in [-0.1, -0.05) is 42.5 Å². The van der Waals surface area contributed by atoms with E-state index in [4.69, 9.17) is 10.8 Å². The smallest absolute Gasteiger partial charge is 0.320 e. The zero-order valence-corrected chi connectivity index (χ0v) is 17.4. The molecule has 0 bridgehead atoms. The molecule has 4 N–H and O–H groups in total. The second-order valence-electron chi connectivity index (χ2n) is 7.07. The van der Waals surface area contributed by atoms with Crippen LogP contribution in [0.25, 0.3) is 0 Å². The molecule has 7 nitrogen and oxygen atoms in total. The van der Waals surface area contributed by atoms with Crippen molar-refractivity contribution in [3.63, 3.8) is 0 Å². The molecule has 0 heterocycles. The topological polar surface area (TPSA) is 127 Å². The molecule has 0 aromatic heterocycles. The maximum Gasteiger partial charge on any atom is 0.320 e. The van der Waals surface area contributed by atoms with Gasteiger partial charge in [-0.3, -0.25) is 9.59 Å². The number of rotatable bonds is 8. The highest BCUT2D eigenvalue weighted by Gasteiger charge is 2.16. The summed E-state index contributed by atoms with van der Waals surface area (Å²) in [6.07, 6.45) is 0.182. The molecule has 1 atom stereocenters. The lowest BCUT2D eigenvalue weighted by molar-refractivity contribution is -0.138. The zero-order valence-electron chi connectivity index (χ0n) is 16.6. The normalized spacial score (nSPS) is 12.2. The van der Waals surface area contributed by atoms with Crippen LogP contribution in [0.15, 0.2) is 83.8 Å². The average Bonchev–Trinajstić information content (AvgIpc) is 2.75. The summed E-state index contributed by atoms with van der Waals surface area (Å²) in [5, 5.41) is 11.6. The molecule has 31 heavy (non-hydrogen) atoms. The van der Waals surface area contributed by atoms with Gasteiger partial charge in [0.1, 0.15) is 6.04 Å². The fraction of sp³-hybridized carbons (Fsp3) is 0.130. The van der Waals surface area contributed by atoms with Gasteiger partial charge in [0.05, 0.1) is 10.6 Å². The first-order valence-electron chi connectivity index (χ1n) is 9.50. The van der Waals surface area contributed by atoms with E-state index in [0.717, 1.165) is 5.56 Å². The number of anilines is 1. The third-order valence-corrected chi connectivity index (χ3v) is 6.34. The molecule has 0 unspecified atom stereocenters. The van der Waals surface area contributed by atoms with E-state index < -0.39 is 21.8 Å². The SMILES string of the molecule is N[C@@H](Cc1ccc(NC(=O)c2cccc(CS(=O)(=O)c3ccccc3)c2)cc1)C(=O)O. The summed E-state index contributed by atoms with van der Waals surface area (Å²) in [4.78, 5) is 23.7. The maximum atomic E-state index is 12.6. The van der Waals surface area contributed by atoms with Gasteiger partial charge in [-0.05, 0) is 53.9 Å². The fourth-order valence-corrected chi connectivity index (χ4v) is 4.36. The van der Waals surface area contributed by atoms with Crippen LogP contribution in [0.2, 0.25) is 0 Å². The van der Waals surface area contributed by atoms with Crippen LogP contribution in [-0.2, 0) is 26.8 Å². The highest BCUT2D eigenvalue weighted by Crippen LogP contribution is 2.18. The van der Waals surface area contributed by atoms with Crippen molar-refractivity contribution in [3.05, 3.63) is 95.6 Å². The number of aliphatic carboxylic acids is 1. The number of hydrogen-bond acceptors (Lipinski definition) is 5. The minimum atomic E-state index is -3.52. The summed E-state index contributed by atoms with van der Waals surface area (Å²) in [6, 6.07) is 20.3. The van der Waals surface area contributed by atoms with E-state index in [0.29, 0.717) is 16.8 Å². The number of nitrogens with one attached hydrogen (secondary N) is 1. The van der Waals surface area contributed by atoms with Gasteiger partial charge in [-0.15, -0.1) is 0 Å². The molecule has 3 aromatic carbocycles. The van der Waals surface area contributed by atoms with Crippen molar-refractivity contribution >= 4 is 27.4 Å². The highest BCUT2D eigenvalue weighted by molar-refractivity contribution is 7.90. The Labute approximate surface area is 180 Å². The lowest BCUT2D eigenvalue weighted by Gasteiger charge is -2.10. The predicted molar refractivity (Wildman–Crippen MR) is 117 cm³/mol. The van der Waals surface area contributed by atoms with Crippen LogP contribution in [0.4, 0.5) is 5.69 Å². The van der Waals surface area contributed by atoms with E-state index in [2.05, 4.69) is 5.32 Å². The van der Waals surface area contributed by atoms with Crippen molar-refractivity contribution in [2.75, 3.05) is 5.32 Å². The van der Waals surface area contributed by atoms with E-state index in [9.17, 15) is 18.0 Å². The number of sulfone groups is 1. The number of carbonyl (C=O) groups excluding carboxylic acids is 1. The average molecular weight is 439 g/mol. The summed E-state index contributed by atoms with van der Waals surface area (Å²) in [6.45, 7) is 0. The predicted octanol–water partition coefficient (Wildman–Crippen LogP) is 2.87. The molecule has 0 spiro atoms. The minimum absolute atomic E-state index is 0.182. The van der Waals surface area contributed by atoms with E-state index in [1.807, 2.05) is 0 Å². The van der Waals surface area contributed by atoms with E-state index in [1.165, 1.54) is 0 Å². The van der Waals surface area contributed by atoms with Crippen molar-refractivity contribution in [1.82, 2.24) is 0 Å². The molecule has 0 aliphatic rings. The molecule has 1 amide bonds. The quantitative estimate of drug-likeness (QED) is 0.496. The lowest BCUT2D eigenvalue weighted by Crippen LogP contribution is -2.32. The lowest BCUT2D eigenvalue weighted by atomic mass is 10.1. The largest absolute Gasteiger partial charge is 0.480 e. The van der Waals surface area contributed by atoms with Crippen LogP contribution in [-0.4, -0.2) is 31.4 Å². The molecule has 0 radical (unpaired) electrons. The number of benzene rings is 3. The zero-order chi connectivity index (χ0) is 22.4. The van der Waals surface area contributed by atoms with Crippen molar-refractivity contribution in [1.29, 1.82) is 0 Å². The Morgan fingerprint density at radius 1 is 0.903 bits per heavy atom. The van der Waals surface area contributed by atoms with Gasteiger partial charge in [0.25, 0.3) is 5.91 Å². The summed E-state index contributed by atoms with van der Waals surface area (Å²) >= 11 is 0. The summed E-state index contributed by atoms with van der Waals surface area (Å²) in [5.74, 6) is -1.67. The van der Waals surface area contributed by atoms with Crippen molar-refractivity contribution in [2.45, 2.75) is 23.1 Å². The maximum absolute atomic E-state index is 12.6. The monoisotopic (exact) mass is 438 g/mol. The standard InChI is InChI=1S/C23H22N2O5S/c24-21(23(27)28)14-16-9-11-19(12-10-16)25-22(26)18-6-4-5-17(13-18)15-31(29,30)20-7-2-1-3-8-20/h1-13,21H,14-15,24H2,(H,25,26)(H,27,28)/t21-/m0/s1. The molecule has 3 rings (SSSR count). The highest BCUT2D eigenvalue weighted by atomic mass is 32.2. The van der Waals surface area contributed by atoms with Gasteiger partial charge in [0, 0.05) is 11.3 Å². The second kappa shape index (κ2) is 9.55. The first-order valence-corrected chi connectivity index (χ1v) is 11.2. The third-order valence-electron chi connectivity index (χ3n) is 4.63. The number of amides is 1. The Morgan fingerprint density at radius 3 is 2.23 bits per heavy atom. The molecule has 8 heteroatoms. The number of carboxylic acid groups (broad SMARTS) is 1. The van der Waals surface area contributed by atoms with Crippen LogP contribution in [0, 0.1) is 0 Å². The molecule has 160 valence electrons. The van der Waals surface area contributed by atoms with Crippen molar-refractivity contribution in [2.24, 2.45) is 5.73 Å². The van der Waals surface area contributed by atoms with Gasteiger partial charge in [-0.25, -0.2) is 8.42 Å². The molecule has 0 fully saturated rings. The number of carbonyl (C=O) groups is 2. The van der Waals surface area contributed by atoms with Crippen molar-refractivity contribution in [3.8, 4) is 0 Å². The fourth-order valence-electron chi connectivity index (χ4n) is 3.00. The first-order chi connectivity index (χ1) is 14.7. The number of nitrogens with two attached hydrogens (primary N) is 1.